The first kappa shape index (κ1) is 29.5. The van der Waals surface area contributed by atoms with E-state index in [1.54, 1.807) is 17.5 Å². The third-order valence-electron chi connectivity index (χ3n) is 5.71. The summed E-state index contributed by atoms with van der Waals surface area (Å²) in [5, 5.41) is 12.1. The number of carboxylic acids is 1. The maximum absolute atomic E-state index is 13.1. The molecule has 2 aliphatic heterocycles. The summed E-state index contributed by atoms with van der Waals surface area (Å²) >= 11 is 1.24. The van der Waals surface area contributed by atoms with Crippen molar-refractivity contribution in [3.8, 4) is 0 Å². The molecule has 0 spiro atoms. The van der Waals surface area contributed by atoms with Crippen LogP contribution in [0.3, 0.4) is 0 Å². The van der Waals surface area contributed by atoms with Gasteiger partial charge in [0, 0.05) is 45.7 Å². The molecular weight excluding hydrogens is 509 g/mol. The van der Waals surface area contributed by atoms with Gasteiger partial charge in [-0.05, 0) is 50.3 Å². The Bertz CT molecular complexity index is 885. The number of rotatable bonds is 9. The standard InChI is InChI=1S/C19H32N4O3S2.C2HF3O2/c24-18(22-15-8-20-9-16-22)7-14-23(28(25,26)19-6-4-17-27-19)13-5-12-21-10-2-1-3-11-21;3-2(4,5)1(6)7/h4,6,17,20H,1-3,5,7-16H2;(H,6,7). The van der Waals surface area contributed by atoms with E-state index in [2.05, 4.69) is 10.2 Å². The zero-order valence-corrected chi connectivity index (χ0v) is 21.1. The average molecular weight is 543 g/mol. The van der Waals surface area contributed by atoms with Gasteiger partial charge in [0.2, 0.25) is 5.91 Å². The van der Waals surface area contributed by atoms with E-state index < -0.39 is 22.2 Å². The van der Waals surface area contributed by atoms with Crippen LogP contribution in [-0.2, 0) is 19.6 Å². The van der Waals surface area contributed by atoms with Crippen molar-refractivity contribution in [2.45, 2.75) is 42.5 Å². The third kappa shape index (κ3) is 10.0. The van der Waals surface area contributed by atoms with Gasteiger partial charge in [0.25, 0.3) is 10.0 Å². The number of nitrogens with zero attached hydrogens (tertiary/aromatic N) is 3. The summed E-state index contributed by atoms with van der Waals surface area (Å²) in [6.45, 7) is 6.86. The normalized spacial score (nSPS) is 17.7. The highest BCUT2D eigenvalue weighted by molar-refractivity contribution is 7.91. The summed E-state index contributed by atoms with van der Waals surface area (Å²) in [5.74, 6) is -2.71. The zero-order valence-electron chi connectivity index (χ0n) is 19.5. The van der Waals surface area contributed by atoms with E-state index in [0.717, 1.165) is 39.1 Å². The van der Waals surface area contributed by atoms with E-state index in [-0.39, 0.29) is 18.9 Å². The Labute approximate surface area is 207 Å². The lowest BCUT2D eigenvalue weighted by atomic mass is 10.1. The zero-order chi connectivity index (χ0) is 25.9. The lowest BCUT2D eigenvalue weighted by molar-refractivity contribution is -0.192. The molecular formula is C21H33F3N4O5S2. The maximum Gasteiger partial charge on any atom is 0.490 e. The number of carbonyl (C=O) groups is 2. The molecule has 3 heterocycles. The molecule has 0 bridgehead atoms. The van der Waals surface area contributed by atoms with Crippen LogP contribution in [0.25, 0.3) is 0 Å². The number of aliphatic carboxylic acids is 1. The second kappa shape index (κ2) is 14.1. The molecule has 1 amide bonds. The Morgan fingerprint density at radius 2 is 1.71 bits per heavy atom. The van der Waals surface area contributed by atoms with Gasteiger partial charge in [-0.15, -0.1) is 11.3 Å². The molecule has 0 unspecified atom stereocenters. The molecule has 35 heavy (non-hydrogen) atoms. The number of carbonyl (C=O) groups excluding carboxylic acids is 1. The highest BCUT2D eigenvalue weighted by Gasteiger charge is 2.38. The van der Waals surface area contributed by atoms with E-state index >= 15 is 0 Å². The summed E-state index contributed by atoms with van der Waals surface area (Å²) in [4.78, 5) is 25.7. The molecule has 2 saturated heterocycles. The molecule has 0 saturated carbocycles. The van der Waals surface area contributed by atoms with Crippen LogP contribution in [-0.4, -0.2) is 105 Å². The van der Waals surface area contributed by atoms with Crippen molar-refractivity contribution < 1.29 is 36.3 Å². The van der Waals surface area contributed by atoms with Crippen LogP contribution in [0.1, 0.15) is 32.1 Å². The SMILES string of the molecule is O=C(CCN(CCCN1CCCCC1)S(=O)(=O)c1cccs1)N1CCNCC1.O=C(O)C(F)(F)F. The van der Waals surface area contributed by atoms with E-state index in [0.29, 0.717) is 23.8 Å². The third-order valence-corrected chi connectivity index (χ3v) is 8.98. The number of thiophene rings is 1. The molecule has 3 rings (SSSR count). The molecule has 2 N–H and O–H groups in total. The molecule has 1 aromatic rings. The molecule has 0 radical (unpaired) electrons. The number of piperidine rings is 1. The highest BCUT2D eigenvalue weighted by atomic mass is 32.2. The number of hydrogen-bond donors (Lipinski definition) is 2. The molecule has 0 atom stereocenters. The number of carboxylic acid groups (broad SMARTS) is 1. The van der Waals surface area contributed by atoms with E-state index in [1.807, 2.05) is 4.90 Å². The quantitative estimate of drug-likeness (QED) is 0.492. The van der Waals surface area contributed by atoms with Crippen molar-refractivity contribution >= 4 is 33.2 Å². The van der Waals surface area contributed by atoms with Crippen LogP contribution in [0.5, 0.6) is 0 Å². The minimum atomic E-state index is -5.08. The van der Waals surface area contributed by atoms with Gasteiger partial charge in [-0.1, -0.05) is 12.5 Å². The first-order valence-corrected chi connectivity index (χ1v) is 13.9. The van der Waals surface area contributed by atoms with Crippen molar-refractivity contribution in [3.05, 3.63) is 17.5 Å². The van der Waals surface area contributed by atoms with Gasteiger partial charge >= 0.3 is 12.1 Å². The van der Waals surface area contributed by atoms with E-state index in [1.165, 1.54) is 34.9 Å². The van der Waals surface area contributed by atoms with Crippen molar-refractivity contribution in [1.29, 1.82) is 0 Å². The Morgan fingerprint density at radius 3 is 2.26 bits per heavy atom. The largest absolute Gasteiger partial charge is 0.490 e. The summed E-state index contributed by atoms with van der Waals surface area (Å²) in [5.41, 5.74) is 0. The van der Waals surface area contributed by atoms with Crippen molar-refractivity contribution in [3.63, 3.8) is 0 Å². The van der Waals surface area contributed by atoms with Crippen molar-refractivity contribution in [2.75, 3.05) is 58.9 Å². The second-order valence-electron chi connectivity index (χ2n) is 8.28. The number of amides is 1. The van der Waals surface area contributed by atoms with Gasteiger partial charge in [0.05, 0.1) is 0 Å². The number of alkyl halides is 3. The van der Waals surface area contributed by atoms with Gasteiger partial charge in [-0.2, -0.15) is 17.5 Å². The second-order valence-corrected chi connectivity index (χ2v) is 11.4. The van der Waals surface area contributed by atoms with Gasteiger partial charge in [-0.25, -0.2) is 13.2 Å². The van der Waals surface area contributed by atoms with Crippen molar-refractivity contribution in [1.82, 2.24) is 19.4 Å². The van der Waals surface area contributed by atoms with Crippen LogP contribution < -0.4 is 5.32 Å². The average Bonchev–Trinajstić information content (AvgIpc) is 3.38. The minimum Gasteiger partial charge on any atom is -0.475 e. The maximum atomic E-state index is 13.1. The molecule has 2 aliphatic rings. The molecule has 0 aromatic carbocycles. The molecule has 0 aliphatic carbocycles. The number of hydrogen-bond acceptors (Lipinski definition) is 7. The Morgan fingerprint density at radius 1 is 1.09 bits per heavy atom. The number of sulfonamides is 1. The Kier molecular flexibility index (Phi) is 11.9. The number of likely N-dealkylation sites (tertiary alicyclic amines) is 1. The first-order valence-electron chi connectivity index (χ1n) is 11.6. The van der Waals surface area contributed by atoms with Crippen LogP contribution in [0.2, 0.25) is 0 Å². The molecule has 14 heteroatoms. The molecule has 2 fully saturated rings. The Balaban J connectivity index is 0.000000540. The lowest BCUT2D eigenvalue weighted by Gasteiger charge is -2.29. The van der Waals surface area contributed by atoms with Crippen LogP contribution >= 0.6 is 11.3 Å². The fourth-order valence-corrected chi connectivity index (χ4v) is 6.46. The first-order chi connectivity index (χ1) is 16.5. The van der Waals surface area contributed by atoms with E-state index in [4.69, 9.17) is 9.90 Å². The van der Waals surface area contributed by atoms with Crippen LogP contribution in [0.4, 0.5) is 13.2 Å². The fraction of sp³-hybridized carbons (Fsp3) is 0.714. The van der Waals surface area contributed by atoms with Gasteiger partial charge < -0.3 is 20.2 Å². The predicted octanol–water partition coefficient (Wildman–Crippen LogP) is 2.07. The topological polar surface area (TPSA) is 110 Å². The number of halogens is 3. The fourth-order valence-electron chi connectivity index (χ4n) is 3.84. The predicted molar refractivity (Wildman–Crippen MR) is 126 cm³/mol. The smallest absolute Gasteiger partial charge is 0.475 e. The molecule has 1 aromatic heterocycles. The van der Waals surface area contributed by atoms with E-state index in [9.17, 15) is 26.4 Å². The summed E-state index contributed by atoms with van der Waals surface area (Å²) in [6.07, 6.45) is -0.281. The Hall–Kier alpha value is -1.74. The summed E-state index contributed by atoms with van der Waals surface area (Å²) < 4.78 is 59.7. The van der Waals surface area contributed by atoms with Crippen LogP contribution in [0, 0.1) is 0 Å². The molecule has 200 valence electrons. The van der Waals surface area contributed by atoms with Crippen molar-refractivity contribution in [2.24, 2.45) is 0 Å². The summed E-state index contributed by atoms with van der Waals surface area (Å²) in [6, 6.07) is 3.41. The highest BCUT2D eigenvalue weighted by Crippen LogP contribution is 2.22. The van der Waals surface area contributed by atoms with Gasteiger partial charge in [0.1, 0.15) is 4.21 Å². The number of piperazine rings is 1. The van der Waals surface area contributed by atoms with Crippen LogP contribution in [0.15, 0.2) is 21.7 Å². The van der Waals surface area contributed by atoms with Gasteiger partial charge in [-0.3, -0.25) is 4.79 Å². The summed E-state index contributed by atoms with van der Waals surface area (Å²) in [7, 11) is -3.54. The molecule has 9 nitrogen and oxygen atoms in total. The lowest BCUT2D eigenvalue weighted by Crippen LogP contribution is -2.47. The number of nitrogens with one attached hydrogen (secondary N) is 1. The van der Waals surface area contributed by atoms with Gasteiger partial charge in [0.15, 0.2) is 0 Å². The monoisotopic (exact) mass is 542 g/mol. The minimum absolute atomic E-state index is 0.0453.